The summed E-state index contributed by atoms with van der Waals surface area (Å²) in [5.74, 6) is -15.8. The summed E-state index contributed by atoms with van der Waals surface area (Å²) < 4.78 is 89.0. The molecular formula is C9H11F7O. The largest absolute Gasteiger partial charge is 0.381 e. The summed E-state index contributed by atoms with van der Waals surface area (Å²) in [4.78, 5) is 0. The van der Waals surface area contributed by atoms with Crippen LogP contribution in [0.25, 0.3) is 0 Å². The molecular weight excluding hydrogens is 257 g/mol. The molecule has 2 rings (SSSR count). The van der Waals surface area contributed by atoms with Crippen LogP contribution in [-0.4, -0.2) is 37.2 Å². The molecule has 0 aromatic carbocycles. The monoisotopic (exact) mass is 268 g/mol. The minimum absolute atomic E-state index is 1.00. The van der Waals surface area contributed by atoms with Gasteiger partial charge in [0.25, 0.3) is 0 Å². The highest BCUT2D eigenvalue weighted by molar-refractivity contribution is 5.08. The van der Waals surface area contributed by atoms with Gasteiger partial charge in [0.1, 0.15) is 0 Å². The van der Waals surface area contributed by atoms with E-state index in [9.17, 15) is 30.7 Å². The first-order chi connectivity index (χ1) is 7.63. The highest BCUT2D eigenvalue weighted by Crippen LogP contribution is 2.57. The maximum absolute atomic E-state index is 12.0. The van der Waals surface area contributed by atoms with Crippen LogP contribution >= 0.6 is 0 Å². The van der Waals surface area contributed by atoms with Gasteiger partial charge in [-0.15, -0.1) is 0 Å². The molecule has 1 atom stereocenters. The second-order valence-corrected chi connectivity index (χ2v) is 3.89. The lowest BCUT2D eigenvalue weighted by Gasteiger charge is -2.22. The lowest BCUT2D eigenvalue weighted by Crippen LogP contribution is -2.48. The standard InChI is InChI=1S/C5H3F7.C4H8O/c6-2-1-3(7,8)5(11,12)4(2,9)10;1-2-4-5-3-1/h2H,1H2;1-4H2. The van der Waals surface area contributed by atoms with E-state index < -0.39 is 30.4 Å². The molecule has 1 unspecified atom stereocenters. The van der Waals surface area contributed by atoms with Gasteiger partial charge in [-0.25, -0.2) is 4.39 Å². The van der Waals surface area contributed by atoms with Gasteiger partial charge in [-0.3, -0.25) is 0 Å². The van der Waals surface area contributed by atoms with Crippen LogP contribution in [0.5, 0.6) is 0 Å². The topological polar surface area (TPSA) is 9.23 Å². The van der Waals surface area contributed by atoms with Crippen molar-refractivity contribution in [3.63, 3.8) is 0 Å². The van der Waals surface area contributed by atoms with Crippen LogP contribution in [0.1, 0.15) is 19.3 Å². The number of halogens is 7. The predicted molar refractivity (Wildman–Crippen MR) is 44.4 cm³/mol. The van der Waals surface area contributed by atoms with Gasteiger partial charge in [0, 0.05) is 13.2 Å². The fourth-order valence-electron chi connectivity index (χ4n) is 1.43. The molecule has 8 heteroatoms. The van der Waals surface area contributed by atoms with Gasteiger partial charge < -0.3 is 4.74 Å². The van der Waals surface area contributed by atoms with Crippen molar-refractivity contribution >= 4 is 0 Å². The summed E-state index contributed by atoms with van der Waals surface area (Å²) in [6.07, 6.45) is -3.06. The molecule has 0 bridgehead atoms. The minimum Gasteiger partial charge on any atom is -0.381 e. The van der Waals surface area contributed by atoms with Gasteiger partial charge in [0.2, 0.25) is 0 Å². The maximum atomic E-state index is 12.0. The van der Waals surface area contributed by atoms with Crippen LogP contribution in [0.15, 0.2) is 0 Å². The van der Waals surface area contributed by atoms with Crippen molar-refractivity contribution < 1.29 is 35.5 Å². The Hall–Kier alpha value is -0.530. The second-order valence-electron chi connectivity index (χ2n) is 3.89. The molecule has 102 valence electrons. The van der Waals surface area contributed by atoms with Crippen molar-refractivity contribution in [2.45, 2.75) is 43.2 Å². The summed E-state index contributed by atoms with van der Waals surface area (Å²) in [6, 6.07) is 0. The number of rotatable bonds is 0. The summed E-state index contributed by atoms with van der Waals surface area (Å²) in [5, 5.41) is 0. The van der Waals surface area contributed by atoms with Crippen molar-refractivity contribution in [1.29, 1.82) is 0 Å². The SMILES string of the molecule is C1CCOC1.FC1CC(F)(F)C(F)(F)C1(F)F. The average Bonchev–Trinajstić information content (AvgIpc) is 2.76. The molecule has 1 aliphatic carbocycles. The smallest absolute Gasteiger partial charge is 0.375 e. The molecule has 0 spiro atoms. The van der Waals surface area contributed by atoms with E-state index in [0.29, 0.717) is 0 Å². The molecule has 1 aliphatic heterocycles. The van der Waals surface area contributed by atoms with Gasteiger partial charge in [-0.05, 0) is 12.8 Å². The first-order valence-electron chi connectivity index (χ1n) is 4.98. The summed E-state index contributed by atoms with van der Waals surface area (Å²) in [5.41, 5.74) is 0. The van der Waals surface area contributed by atoms with Gasteiger partial charge in [0.05, 0.1) is 6.42 Å². The van der Waals surface area contributed by atoms with E-state index in [2.05, 4.69) is 0 Å². The second kappa shape index (κ2) is 4.62. The average molecular weight is 268 g/mol. The van der Waals surface area contributed by atoms with Gasteiger partial charge >= 0.3 is 17.8 Å². The molecule has 0 amide bonds. The van der Waals surface area contributed by atoms with E-state index in [1.165, 1.54) is 12.8 Å². The highest BCUT2D eigenvalue weighted by Gasteiger charge is 2.81. The van der Waals surface area contributed by atoms with E-state index >= 15 is 0 Å². The zero-order valence-corrected chi connectivity index (χ0v) is 8.67. The third-order valence-electron chi connectivity index (χ3n) is 2.53. The Balaban J connectivity index is 0.000000239. The normalized spacial score (nSPS) is 33.0. The van der Waals surface area contributed by atoms with Gasteiger partial charge in [-0.1, -0.05) is 0 Å². The zero-order valence-electron chi connectivity index (χ0n) is 8.67. The predicted octanol–water partition coefficient (Wildman–Crippen LogP) is 3.43. The van der Waals surface area contributed by atoms with Gasteiger partial charge in [-0.2, -0.15) is 26.3 Å². The van der Waals surface area contributed by atoms with Crippen molar-refractivity contribution in [2.75, 3.05) is 13.2 Å². The number of hydrogen-bond acceptors (Lipinski definition) is 1. The molecule has 1 saturated heterocycles. The Morgan fingerprint density at radius 1 is 0.882 bits per heavy atom. The van der Waals surface area contributed by atoms with Gasteiger partial charge in [0.15, 0.2) is 6.17 Å². The van der Waals surface area contributed by atoms with E-state index in [0.717, 1.165) is 13.2 Å². The molecule has 1 saturated carbocycles. The Kier molecular flexibility index (Phi) is 3.95. The number of alkyl halides is 7. The Labute approximate surface area is 92.9 Å². The van der Waals surface area contributed by atoms with Crippen LogP contribution < -0.4 is 0 Å². The number of ether oxygens (including phenoxy) is 1. The summed E-state index contributed by atoms with van der Waals surface area (Å²) in [6.45, 7) is 2.00. The van der Waals surface area contributed by atoms with Crippen LogP contribution in [0, 0.1) is 0 Å². The maximum Gasteiger partial charge on any atom is 0.375 e. The van der Waals surface area contributed by atoms with E-state index in [1.807, 2.05) is 0 Å². The molecule has 0 N–H and O–H groups in total. The Bertz CT molecular complexity index is 254. The first-order valence-corrected chi connectivity index (χ1v) is 4.98. The lowest BCUT2D eigenvalue weighted by molar-refractivity contribution is -0.277. The minimum atomic E-state index is -5.58. The molecule has 2 fully saturated rings. The molecule has 0 radical (unpaired) electrons. The molecule has 1 nitrogen and oxygen atoms in total. The third kappa shape index (κ3) is 2.51. The Morgan fingerprint density at radius 3 is 1.47 bits per heavy atom. The van der Waals surface area contributed by atoms with Crippen molar-refractivity contribution in [1.82, 2.24) is 0 Å². The first kappa shape index (κ1) is 14.5. The van der Waals surface area contributed by atoms with Crippen molar-refractivity contribution in [3.05, 3.63) is 0 Å². The van der Waals surface area contributed by atoms with Crippen LogP contribution in [0.4, 0.5) is 30.7 Å². The zero-order chi connectivity index (χ0) is 13.3. The van der Waals surface area contributed by atoms with Crippen molar-refractivity contribution in [2.24, 2.45) is 0 Å². The lowest BCUT2D eigenvalue weighted by atomic mass is 10.2. The summed E-state index contributed by atoms with van der Waals surface area (Å²) >= 11 is 0. The van der Waals surface area contributed by atoms with Crippen molar-refractivity contribution in [3.8, 4) is 0 Å². The molecule has 17 heavy (non-hydrogen) atoms. The van der Waals surface area contributed by atoms with E-state index in [1.54, 1.807) is 0 Å². The summed E-state index contributed by atoms with van der Waals surface area (Å²) in [7, 11) is 0. The highest BCUT2D eigenvalue weighted by atomic mass is 19.3. The van der Waals surface area contributed by atoms with Crippen LogP contribution in [0.3, 0.4) is 0 Å². The molecule has 0 aromatic heterocycles. The fourth-order valence-corrected chi connectivity index (χ4v) is 1.43. The molecule has 2 aliphatic rings. The van der Waals surface area contributed by atoms with E-state index in [4.69, 9.17) is 4.74 Å². The van der Waals surface area contributed by atoms with Crippen LogP contribution in [-0.2, 0) is 4.74 Å². The molecule has 0 aromatic rings. The van der Waals surface area contributed by atoms with Crippen LogP contribution in [0.2, 0.25) is 0 Å². The van der Waals surface area contributed by atoms with E-state index in [-0.39, 0.29) is 0 Å². The number of hydrogen-bond donors (Lipinski definition) is 0. The third-order valence-corrected chi connectivity index (χ3v) is 2.53. The quantitative estimate of drug-likeness (QED) is 0.611. The Morgan fingerprint density at radius 2 is 1.35 bits per heavy atom. The fraction of sp³-hybridized carbons (Fsp3) is 1.00. The molecule has 1 heterocycles.